The molecule has 0 atom stereocenters. The lowest BCUT2D eigenvalue weighted by molar-refractivity contribution is 0.628. The quantitative estimate of drug-likeness (QED) is 0.778. The van der Waals surface area contributed by atoms with Crippen LogP contribution < -0.4 is 5.32 Å². The second-order valence-corrected chi connectivity index (χ2v) is 6.01. The maximum atomic E-state index is 13.5. The summed E-state index contributed by atoms with van der Waals surface area (Å²) in [4.78, 5) is 11.4. The molecule has 3 rings (SSSR count). The Hall–Kier alpha value is -2.01. The maximum absolute atomic E-state index is 13.5. The Morgan fingerprint density at radius 1 is 1.24 bits per heavy atom. The number of nitrogens with zero attached hydrogens (tertiary/aromatic N) is 2. The highest BCUT2D eigenvalue weighted by Crippen LogP contribution is 2.32. The lowest BCUT2D eigenvalue weighted by atomic mass is 10.1. The topological polar surface area (TPSA) is 37.8 Å². The Bertz CT molecular complexity index is 811. The molecule has 0 spiro atoms. The molecule has 0 bridgehead atoms. The number of aryl methyl sites for hydroxylation is 2. The highest BCUT2D eigenvalue weighted by molar-refractivity contribution is 7.18. The second-order valence-electron chi connectivity index (χ2n) is 4.89. The maximum Gasteiger partial charge on any atom is 0.163 e. The summed E-state index contributed by atoms with van der Waals surface area (Å²) in [6, 6.07) is 6.82. The first-order chi connectivity index (χ1) is 10.1. The molecule has 5 heteroatoms. The molecule has 0 radical (unpaired) electrons. The molecule has 2 heterocycles. The summed E-state index contributed by atoms with van der Waals surface area (Å²) in [6.07, 6.45) is 0.971. The number of thiophene rings is 1. The molecule has 0 unspecified atom stereocenters. The van der Waals surface area contributed by atoms with Crippen molar-refractivity contribution in [2.75, 3.05) is 12.4 Å². The van der Waals surface area contributed by atoms with Gasteiger partial charge in [-0.15, -0.1) is 11.3 Å². The van der Waals surface area contributed by atoms with Crippen LogP contribution in [0.5, 0.6) is 0 Å². The predicted molar refractivity (Wildman–Crippen MR) is 86.5 cm³/mol. The third kappa shape index (κ3) is 2.49. The van der Waals surface area contributed by atoms with Crippen molar-refractivity contribution in [1.82, 2.24) is 9.97 Å². The average Bonchev–Trinajstić information content (AvgIpc) is 2.91. The summed E-state index contributed by atoms with van der Waals surface area (Å²) < 4.78 is 13.5. The van der Waals surface area contributed by atoms with Crippen LogP contribution in [0.3, 0.4) is 0 Å². The molecular weight excluding hydrogens is 285 g/mol. The smallest absolute Gasteiger partial charge is 0.163 e. The first-order valence-electron chi connectivity index (χ1n) is 6.87. The van der Waals surface area contributed by atoms with Crippen molar-refractivity contribution >= 4 is 27.4 Å². The summed E-state index contributed by atoms with van der Waals surface area (Å²) in [6.45, 7) is 4.06. The lowest BCUT2D eigenvalue weighted by Gasteiger charge is -2.08. The molecule has 0 fully saturated rings. The molecule has 0 amide bonds. The SMILES string of the molecule is CCc1cc2c(NC)nc(-c3cc(F)ccc3C)nc2s1. The largest absolute Gasteiger partial charge is 0.372 e. The van der Waals surface area contributed by atoms with Gasteiger partial charge < -0.3 is 5.32 Å². The third-order valence-electron chi connectivity index (χ3n) is 3.47. The van der Waals surface area contributed by atoms with E-state index >= 15 is 0 Å². The van der Waals surface area contributed by atoms with E-state index in [9.17, 15) is 4.39 Å². The first kappa shape index (κ1) is 13.9. The van der Waals surface area contributed by atoms with E-state index in [-0.39, 0.29) is 5.82 Å². The van der Waals surface area contributed by atoms with Crippen LogP contribution in [-0.4, -0.2) is 17.0 Å². The fraction of sp³-hybridized carbons (Fsp3) is 0.250. The number of aromatic nitrogens is 2. The van der Waals surface area contributed by atoms with E-state index in [2.05, 4.69) is 28.3 Å². The van der Waals surface area contributed by atoms with Gasteiger partial charge in [-0.25, -0.2) is 14.4 Å². The Balaban J connectivity index is 2.25. The van der Waals surface area contributed by atoms with Gasteiger partial charge in [0.2, 0.25) is 0 Å². The van der Waals surface area contributed by atoms with Gasteiger partial charge in [-0.1, -0.05) is 13.0 Å². The Kier molecular flexibility index (Phi) is 3.59. The predicted octanol–water partition coefficient (Wildman–Crippen LogP) is 4.41. The zero-order valence-corrected chi connectivity index (χ0v) is 13.0. The number of anilines is 1. The molecule has 3 nitrogen and oxygen atoms in total. The van der Waals surface area contributed by atoms with Crippen LogP contribution >= 0.6 is 11.3 Å². The second kappa shape index (κ2) is 5.41. The zero-order chi connectivity index (χ0) is 15.0. The van der Waals surface area contributed by atoms with Crippen LogP contribution in [0, 0.1) is 12.7 Å². The Morgan fingerprint density at radius 2 is 2.05 bits per heavy atom. The van der Waals surface area contributed by atoms with Crippen LogP contribution in [0.1, 0.15) is 17.4 Å². The molecule has 0 saturated carbocycles. The van der Waals surface area contributed by atoms with Gasteiger partial charge in [0.1, 0.15) is 16.5 Å². The fourth-order valence-electron chi connectivity index (χ4n) is 2.29. The molecule has 0 aliphatic carbocycles. The van der Waals surface area contributed by atoms with Crippen molar-refractivity contribution < 1.29 is 4.39 Å². The summed E-state index contributed by atoms with van der Waals surface area (Å²) in [5.41, 5.74) is 1.70. The van der Waals surface area contributed by atoms with E-state index in [0.717, 1.165) is 33.6 Å². The van der Waals surface area contributed by atoms with Gasteiger partial charge in [0, 0.05) is 17.5 Å². The van der Waals surface area contributed by atoms with E-state index in [1.807, 2.05) is 14.0 Å². The van der Waals surface area contributed by atoms with E-state index < -0.39 is 0 Å². The minimum absolute atomic E-state index is 0.272. The van der Waals surface area contributed by atoms with Gasteiger partial charge in [-0.05, 0) is 37.1 Å². The molecule has 0 saturated heterocycles. The Labute approximate surface area is 126 Å². The van der Waals surface area contributed by atoms with Crippen molar-refractivity contribution in [3.05, 3.63) is 40.5 Å². The summed E-state index contributed by atoms with van der Waals surface area (Å²) in [5.74, 6) is 1.08. The summed E-state index contributed by atoms with van der Waals surface area (Å²) in [7, 11) is 1.84. The molecule has 2 aromatic heterocycles. The van der Waals surface area contributed by atoms with E-state index in [0.29, 0.717) is 5.82 Å². The molecule has 0 aliphatic heterocycles. The van der Waals surface area contributed by atoms with Crippen molar-refractivity contribution in [2.45, 2.75) is 20.3 Å². The summed E-state index contributed by atoms with van der Waals surface area (Å²) >= 11 is 1.66. The lowest BCUT2D eigenvalue weighted by Crippen LogP contribution is -1.98. The van der Waals surface area contributed by atoms with Gasteiger partial charge >= 0.3 is 0 Å². The van der Waals surface area contributed by atoms with Crippen molar-refractivity contribution in [1.29, 1.82) is 0 Å². The number of nitrogens with one attached hydrogen (secondary N) is 1. The number of rotatable bonds is 3. The molecule has 1 N–H and O–H groups in total. The minimum Gasteiger partial charge on any atom is -0.372 e. The highest BCUT2D eigenvalue weighted by atomic mass is 32.1. The minimum atomic E-state index is -0.272. The van der Waals surface area contributed by atoms with Crippen LogP contribution in [0.25, 0.3) is 21.6 Å². The standard InChI is InChI=1S/C16H16FN3S/c1-4-11-8-13-14(18-3)19-15(20-16(13)21-11)12-7-10(17)6-5-9(12)2/h5-8H,4H2,1-3H3,(H,18,19,20). The molecular formula is C16H16FN3S. The van der Waals surface area contributed by atoms with Crippen molar-refractivity contribution in [3.8, 4) is 11.4 Å². The van der Waals surface area contributed by atoms with Crippen LogP contribution in [0.15, 0.2) is 24.3 Å². The van der Waals surface area contributed by atoms with Gasteiger partial charge in [-0.2, -0.15) is 0 Å². The van der Waals surface area contributed by atoms with Crippen LogP contribution in [0.2, 0.25) is 0 Å². The monoisotopic (exact) mass is 301 g/mol. The van der Waals surface area contributed by atoms with Crippen molar-refractivity contribution in [3.63, 3.8) is 0 Å². The van der Waals surface area contributed by atoms with Gasteiger partial charge in [0.15, 0.2) is 5.82 Å². The van der Waals surface area contributed by atoms with Gasteiger partial charge in [-0.3, -0.25) is 0 Å². The van der Waals surface area contributed by atoms with E-state index in [4.69, 9.17) is 0 Å². The first-order valence-corrected chi connectivity index (χ1v) is 7.68. The average molecular weight is 301 g/mol. The zero-order valence-electron chi connectivity index (χ0n) is 12.2. The van der Waals surface area contributed by atoms with Crippen molar-refractivity contribution in [2.24, 2.45) is 0 Å². The van der Waals surface area contributed by atoms with Gasteiger partial charge in [0.05, 0.1) is 5.39 Å². The number of fused-ring (bicyclic) bond motifs is 1. The van der Waals surface area contributed by atoms with E-state index in [1.165, 1.54) is 17.0 Å². The number of hydrogen-bond donors (Lipinski definition) is 1. The fourth-order valence-corrected chi connectivity index (χ4v) is 3.26. The third-order valence-corrected chi connectivity index (χ3v) is 4.64. The normalized spacial score (nSPS) is 11.0. The molecule has 1 aromatic carbocycles. The summed E-state index contributed by atoms with van der Waals surface area (Å²) in [5, 5.41) is 4.14. The number of halogens is 1. The van der Waals surface area contributed by atoms with E-state index in [1.54, 1.807) is 17.4 Å². The number of benzene rings is 1. The van der Waals surface area contributed by atoms with Crippen LogP contribution in [-0.2, 0) is 6.42 Å². The van der Waals surface area contributed by atoms with Gasteiger partial charge in [0.25, 0.3) is 0 Å². The molecule has 108 valence electrons. The molecule has 0 aliphatic rings. The molecule has 21 heavy (non-hydrogen) atoms. The molecule has 3 aromatic rings. The number of hydrogen-bond acceptors (Lipinski definition) is 4. The van der Waals surface area contributed by atoms with Crippen LogP contribution in [0.4, 0.5) is 10.2 Å². The Morgan fingerprint density at radius 3 is 2.76 bits per heavy atom. The highest BCUT2D eigenvalue weighted by Gasteiger charge is 2.13.